The number of ketones is 1. The second-order valence-corrected chi connectivity index (χ2v) is 7.24. The Morgan fingerprint density at radius 2 is 1.79 bits per heavy atom. The van der Waals surface area contributed by atoms with Crippen molar-refractivity contribution < 1.29 is 9.59 Å². The van der Waals surface area contributed by atoms with Crippen molar-refractivity contribution in [1.29, 1.82) is 0 Å². The fourth-order valence-corrected chi connectivity index (χ4v) is 3.20. The van der Waals surface area contributed by atoms with Gasteiger partial charge < -0.3 is 16.0 Å². The average Bonchev–Trinajstić information content (AvgIpc) is 2.67. The highest BCUT2D eigenvalue weighted by Crippen LogP contribution is 2.21. The number of nitrogens with one attached hydrogen (secondary N) is 3. The molecule has 1 heterocycles. The number of anilines is 3. The maximum absolute atomic E-state index is 12.2. The molecule has 1 fully saturated rings. The minimum absolute atomic E-state index is 0.0289. The van der Waals surface area contributed by atoms with E-state index in [9.17, 15) is 9.59 Å². The molecule has 1 aromatic heterocycles. The maximum atomic E-state index is 12.2. The average molecular weight is 381 g/mol. The van der Waals surface area contributed by atoms with Gasteiger partial charge in [-0.1, -0.05) is 17.7 Å². The van der Waals surface area contributed by atoms with Crippen molar-refractivity contribution in [3.63, 3.8) is 0 Å². The fourth-order valence-electron chi connectivity index (χ4n) is 3.20. The Morgan fingerprint density at radius 1 is 1.07 bits per heavy atom. The lowest BCUT2D eigenvalue weighted by Gasteiger charge is -2.20. The van der Waals surface area contributed by atoms with Crippen molar-refractivity contribution in [2.75, 3.05) is 23.7 Å². The Bertz CT molecular complexity index is 825. The highest BCUT2D eigenvalue weighted by molar-refractivity contribution is 5.84. The van der Waals surface area contributed by atoms with Crippen LogP contribution in [0.5, 0.6) is 0 Å². The van der Waals surface area contributed by atoms with Crippen LogP contribution in [0.3, 0.4) is 0 Å². The standard InChI is InChI=1S/C21H27N5O2/c1-14-3-7-17(8-4-14)25-19-13-15(2)24-21(26-19)23-12-11-22-20(28)16-5-9-18(27)10-6-16/h3-4,7-8,13,16H,5-6,9-12H2,1-2H3,(H,22,28)(H2,23,24,25,26). The molecule has 0 aliphatic heterocycles. The van der Waals surface area contributed by atoms with Crippen LogP contribution in [0.15, 0.2) is 30.3 Å². The number of carbonyl (C=O) groups excluding carboxylic acids is 2. The summed E-state index contributed by atoms with van der Waals surface area (Å²) in [4.78, 5) is 32.3. The summed E-state index contributed by atoms with van der Waals surface area (Å²) in [7, 11) is 0. The Morgan fingerprint density at radius 3 is 2.50 bits per heavy atom. The first-order valence-electron chi connectivity index (χ1n) is 9.72. The number of aryl methyl sites for hydroxylation is 2. The molecule has 28 heavy (non-hydrogen) atoms. The normalized spacial score (nSPS) is 14.6. The molecular weight excluding hydrogens is 354 g/mol. The zero-order valence-corrected chi connectivity index (χ0v) is 16.4. The second kappa shape index (κ2) is 9.30. The molecule has 0 atom stereocenters. The highest BCUT2D eigenvalue weighted by atomic mass is 16.2. The smallest absolute Gasteiger partial charge is 0.224 e. The minimum Gasteiger partial charge on any atom is -0.354 e. The second-order valence-electron chi connectivity index (χ2n) is 7.24. The van der Waals surface area contributed by atoms with E-state index in [1.807, 2.05) is 44.2 Å². The first kappa shape index (κ1) is 19.8. The summed E-state index contributed by atoms with van der Waals surface area (Å²) in [6, 6.07) is 9.99. The third kappa shape index (κ3) is 5.77. The lowest BCUT2D eigenvalue weighted by molar-refractivity contribution is -0.128. The van der Waals surface area contributed by atoms with Gasteiger partial charge in [-0.3, -0.25) is 9.59 Å². The highest BCUT2D eigenvalue weighted by Gasteiger charge is 2.24. The molecule has 7 nitrogen and oxygen atoms in total. The van der Waals surface area contributed by atoms with Crippen LogP contribution in [0.2, 0.25) is 0 Å². The monoisotopic (exact) mass is 381 g/mol. The number of aromatic nitrogens is 2. The van der Waals surface area contributed by atoms with Gasteiger partial charge in [0, 0.05) is 49.3 Å². The number of hydrogen-bond acceptors (Lipinski definition) is 6. The van der Waals surface area contributed by atoms with E-state index in [2.05, 4.69) is 25.9 Å². The number of benzene rings is 1. The van der Waals surface area contributed by atoms with Crippen molar-refractivity contribution in [2.24, 2.45) is 5.92 Å². The molecule has 1 aromatic carbocycles. The van der Waals surface area contributed by atoms with Gasteiger partial charge in [-0.25, -0.2) is 4.98 Å². The van der Waals surface area contributed by atoms with Gasteiger partial charge in [0.05, 0.1) is 0 Å². The molecule has 1 amide bonds. The molecule has 1 saturated carbocycles. The van der Waals surface area contributed by atoms with Crippen LogP contribution in [0, 0.1) is 19.8 Å². The van der Waals surface area contributed by atoms with Crippen LogP contribution in [0.4, 0.5) is 17.5 Å². The molecular formula is C21H27N5O2. The van der Waals surface area contributed by atoms with E-state index < -0.39 is 0 Å². The van der Waals surface area contributed by atoms with Crippen LogP contribution in [0.25, 0.3) is 0 Å². The first-order valence-corrected chi connectivity index (χ1v) is 9.72. The zero-order valence-electron chi connectivity index (χ0n) is 16.4. The molecule has 0 unspecified atom stereocenters. The molecule has 3 rings (SSSR count). The zero-order chi connectivity index (χ0) is 19.9. The van der Waals surface area contributed by atoms with Gasteiger partial charge in [0.25, 0.3) is 0 Å². The van der Waals surface area contributed by atoms with Crippen LogP contribution >= 0.6 is 0 Å². The van der Waals surface area contributed by atoms with E-state index in [4.69, 9.17) is 0 Å². The van der Waals surface area contributed by atoms with Crippen molar-refractivity contribution in [2.45, 2.75) is 39.5 Å². The van der Waals surface area contributed by atoms with Crippen molar-refractivity contribution in [3.8, 4) is 0 Å². The molecule has 7 heteroatoms. The van der Waals surface area contributed by atoms with Gasteiger partial charge in [-0.15, -0.1) is 0 Å². The first-order chi connectivity index (χ1) is 13.5. The van der Waals surface area contributed by atoms with Gasteiger partial charge in [-0.2, -0.15) is 4.98 Å². The minimum atomic E-state index is -0.0433. The fraction of sp³-hybridized carbons (Fsp3) is 0.429. The summed E-state index contributed by atoms with van der Waals surface area (Å²) in [6.07, 6.45) is 2.36. The van der Waals surface area contributed by atoms with Gasteiger partial charge in [-0.05, 0) is 38.8 Å². The molecule has 3 N–H and O–H groups in total. The van der Waals surface area contributed by atoms with Gasteiger partial charge in [0.1, 0.15) is 11.6 Å². The van der Waals surface area contributed by atoms with Crippen LogP contribution in [-0.4, -0.2) is 34.7 Å². The quantitative estimate of drug-likeness (QED) is 0.638. The number of amides is 1. The number of carbonyl (C=O) groups is 2. The van der Waals surface area contributed by atoms with Gasteiger partial charge in [0.15, 0.2) is 0 Å². The number of nitrogens with zero attached hydrogens (tertiary/aromatic N) is 2. The Labute approximate surface area is 165 Å². The lowest BCUT2D eigenvalue weighted by Crippen LogP contribution is -2.36. The molecule has 1 aliphatic carbocycles. The molecule has 0 spiro atoms. The van der Waals surface area contributed by atoms with Crippen LogP contribution < -0.4 is 16.0 Å². The van der Waals surface area contributed by atoms with Gasteiger partial charge >= 0.3 is 0 Å². The maximum Gasteiger partial charge on any atom is 0.224 e. The largest absolute Gasteiger partial charge is 0.354 e. The Kier molecular flexibility index (Phi) is 6.57. The summed E-state index contributed by atoms with van der Waals surface area (Å²) in [5.41, 5.74) is 3.02. The number of rotatable bonds is 7. The SMILES string of the molecule is Cc1ccc(Nc2cc(C)nc(NCCNC(=O)C3CCC(=O)CC3)n2)cc1. The van der Waals surface area contributed by atoms with Crippen molar-refractivity contribution >= 4 is 29.1 Å². The molecule has 2 aromatic rings. The van der Waals surface area contributed by atoms with E-state index in [0.29, 0.717) is 44.7 Å². The number of hydrogen-bond donors (Lipinski definition) is 3. The van der Waals surface area contributed by atoms with E-state index in [0.717, 1.165) is 17.2 Å². The van der Waals surface area contributed by atoms with E-state index >= 15 is 0 Å². The predicted octanol–water partition coefficient (Wildman–Crippen LogP) is 3.12. The molecule has 0 radical (unpaired) electrons. The lowest BCUT2D eigenvalue weighted by atomic mass is 9.88. The molecule has 148 valence electrons. The van der Waals surface area contributed by atoms with Crippen LogP contribution in [-0.2, 0) is 9.59 Å². The van der Waals surface area contributed by atoms with Crippen molar-refractivity contribution in [3.05, 3.63) is 41.6 Å². The van der Waals surface area contributed by atoms with E-state index in [-0.39, 0.29) is 17.6 Å². The summed E-state index contributed by atoms with van der Waals surface area (Å²) in [6.45, 7) is 4.98. The summed E-state index contributed by atoms with van der Waals surface area (Å²) < 4.78 is 0. The van der Waals surface area contributed by atoms with E-state index in [1.165, 1.54) is 5.56 Å². The Balaban J connectivity index is 1.47. The third-order valence-corrected chi connectivity index (χ3v) is 4.80. The van der Waals surface area contributed by atoms with Crippen molar-refractivity contribution in [1.82, 2.24) is 15.3 Å². The number of Topliss-reactive ketones (excluding diaryl/α,β-unsaturated/α-hetero) is 1. The molecule has 0 bridgehead atoms. The summed E-state index contributed by atoms with van der Waals surface area (Å²) in [5, 5.41) is 9.36. The summed E-state index contributed by atoms with van der Waals surface area (Å²) in [5.74, 6) is 1.48. The summed E-state index contributed by atoms with van der Waals surface area (Å²) >= 11 is 0. The molecule has 1 aliphatic rings. The third-order valence-electron chi connectivity index (χ3n) is 4.80. The topological polar surface area (TPSA) is 96.0 Å². The van der Waals surface area contributed by atoms with Gasteiger partial charge in [0.2, 0.25) is 11.9 Å². The van der Waals surface area contributed by atoms with Crippen LogP contribution in [0.1, 0.15) is 36.9 Å². The molecule has 0 saturated heterocycles. The van der Waals surface area contributed by atoms with E-state index in [1.54, 1.807) is 0 Å². The predicted molar refractivity (Wildman–Crippen MR) is 110 cm³/mol. The Hall–Kier alpha value is -2.96.